The summed E-state index contributed by atoms with van der Waals surface area (Å²) in [7, 11) is 0. The van der Waals surface area contributed by atoms with Crippen molar-refractivity contribution in [1.29, 1.82) is 0 Å². The van der Waals surface area contributed by atoms with Gasteiger partial charge in [0.15, 0.2) is 0 Å². The van der Waals surface area contributed by atoms with E-state index in [9.17, 15) is 0 Å². The second-order valence-electron chi connectivity index (χ2n) is 7.96. The fourth-order valence-electron chi connectivity index (χ4n) is 4.67. The van der Waals surface area contributed by atoms with E-state index >= 15 is 0 Å². The van der Waals surface area contributed by atoms with Crippen LogP contribution in [-0.4, -0.2) is 0 Å². The van der Waals surface area contributed by atoms with E-state index in [-0.39, 0.29) is 17.1 Å². The molecule has 2 aliphatic carbocycles. The summed E-state index contributed by atoms with van der Waals surface area (Å²) in [6.45, 7) is 0. The molecule has 6 rings (SSSR count). The molecule has 0 saturated heterocycles. The predicted molar refractivity (Wildman–Crippen MR) is 125 cm³/mol. The van der Waals surface area contributed by atoms with Crippen molar-refractivity contribution in [3.63, 3.8) is 0 Å². The van der Waals surface area contributed by atoms with Gasteiger partial charge in [-0.15, -0.1) is 0 Å². The molecule has 2 atom stereocenters. The van der Waals surface area contributed by atoms with E-state index in [1.165, 1.54) is 44.5 Å². The van der Waals surface area contributed by atoms with Gasteiger partial charge in [-0.2, -0.15) is 0 Å². The van der Waals surface area contributed by atoms with E-state index in [1.807, 2.05) is 0 Å². The molecule has 0 heterocycles. The fraction of sp³-hybridized carbons (Fsp3) is 0.0667. The molecule has 0 saturated carbocycles. The second kappa shape index (κ2) is 7.91. The van der Waals surface area contributed by atoms with Crippen LogP contribution < -0.4 is 0 Å². The van der Waals surface area contributed by atoms with Crippen molar-refractivity contribution in [1.82, 2.24) is 0 Å². The van der Waals surface area contributed by atoms with Crippen molar-refractivity contribution in [2.45, 2.75) is 9.02 Å². The molecule has 4 aromatic rings. The summed E-state index contributed by atoms with van der Waals surface area (Å²) in [6.07, 6.45) is 5.07. The van der Waals surface area contributed by atoms with Gasteiger partial charge in [0.1, 0.15) is 0 Å². The Labute approximate surface area is 191 Å². The molecule has 0 nitrogen and oxygen atoms in total. The van der Waals surface area contributed by atoms with E-state index in [2.05, 4.69) is 121 Å². The van der Waals surface area contributed by atoms with Gasteiger partial charge in [0, 0.05) is 0 Å². The number of rotatable bonds is 4. The maximum atomic E-state index is 2.54. The van der Waals surface area contributed by atoms with E-state index in [0.29, 0.717) is 9.02 Å². The van der Waals surface area contributed by atoms with Crippen LogP contribution in [0.3, 0.4) is 0 Å². The molecule has 0 amide bonds. The van der Waals surface area contributed by atoms with Crippen LogP contribution in [0.2, 0.25) is 0 Å². The van der Waals surface area contributed by atoms with Gasteiger partial charge < -0.3 is 0 Å². The van der Waals surface area contributed by atoms with Gasteiger partial charge in [-0.25, -0.2) is 0 Å². The number of hydrogen-bond donors (Lipinski definition) is 0. The van der Waals surface area contributed by atoms with Gasteiger partial charge in [-0.1, -0.05) is 0 Å². The Hall–Kier alpha value is -3.02. The zero-order valence-electron chi connectivity index (χ0n) is 17.1. The molecule has 2 aliphatic rings. The van der Waals surface area contributed by atoms with Crippen LogP contribution in [0.1, 0.15) is 42.4 Å². The number of hydrogen-bond acceptors (Lipinski definition) is 0. The first-order valence-electron chi connectivity index (χ1n) is 10.7. The quantitative estimate of drug-likeness (QED) is 0.265. The molecular formula is C30H22Ru. The summed E-state index contributed by atoms with van der Waals surface area (Å²) in [5, 5.41) is 0. The Balaban J connectivity index is 1.40. The van der Waals surface area contributed by atoms with Gasteiger partial charge in [0.2, 0.25) is 0 Å². The normalized spacial score (nSPS) is 19.0. The summed E-state index contributed by atoms with van der Waals surface area (Å²) >= 11 is 0.0759. The molecule has 0 fully saturated rings. The van der Waals surface area contributed by atoms with Gasteiger partial charge in [-0.05, 0) is 0 Å². The van der Waals surface area contributed by atoms with Crippen molar-refractivity contribution in [2.75, 3.05) is 0 Å². The molecule has 1 heteroatoms. The Kier molecular flexibility index (Phi) is 4.78. The minimum absolute atomic E-state index is 0.0759. The third kappa shape index (κ3) is 3.34. The molecule has 0 radical (unpaired) electrons. The average Bonchev–Trinajstić information content (AvgIpc) is 3.40. The van der Waals surface area contributed by atoms with Crippen molar-refractivity contribution < 1.29 is 17.1 Å². The van der Waals surface area contributed by atoms with Crippen LogP contribution in [0.15, 0.2) is 121 Å². The van der Waals surface area contributed by atoms with Gasteiger partial charge in [-0.3, -0.25) is 0 Å². The monoisotopic (exact) mass is 484 g/mol. The number of allylic oxidation sites excluding steroid dienone is 2. The molecular weight excluding hydrogens is 461 g/mol. The van der Waals surface area contributed by atoms with Gasteiger partial charge in [0.25, 0.3) is 0 Å². The first-order valence-corrected chi connectivity index (χ1v) is 12.7. The van der Waals surface area contributed by atoms with E-state index in [0.717, 1.165) is 0 Å². The molecule has 0 spiro atoms. The number of benzene rings is 4. The maximum absolute atomic E-state index is 2.54. The zero-order valence-corrected chi connectivity index (χ0v) is 18.8. The van der Waals surface area contributed by atoms with E-state index < -0.39 is 0 Å². The Morgan fingerprint density at radius 1 is 0.419 bits per heavy atom. The van der Waals surface area contributed by atoms with Crippen LogP contribution in [0.5, 0.6) is 0 Å². The average molecular weight is 484 g/mol. The first kappa shape index (κ1) is 18.7. The molecule has 0 N–H and O–H groups in total. The summed E-state index contributed by atoms with van der Waals surface area (Å²) in [5.74, 6) is 0. The first-order chi connectivity index (χ1) is 15.4. The van der Waals surface area contributed by atoms with Crippen molar-refractivity contribution in [2.24, 2.45) is 0 Å². The number of fused-ring (bicyclic) bond motifs is 2. The topological polar surface area (TPSA) is 0 Å². The SMILES string of the molecule is C1=C(c2ccccc2)c2ccccc2[CH]1[Ru][CH]1C=C(c2ccccc2)c2ccccc21. The molecule has 2 unspecified atom stereocenters. The van der Waals surface area contributed by atoms with Crippen LogP contribution in [0.25, 0.3) is 11.1 Å². The predicted octanol–water partition coefficient (Wildman–Crippen LogP) is 7.44. The molecule has 150 valence electrons. The van der Waals surface area contributed by atoms with Gasteiger partial charge in [0.05, 0.1) is 0 Å². The Morgan fingerprint density at radius 3 is 1.26 bits per heavy atom. The van der Waals surface area contributed by atoms with Crippen LogP contribution in [0, 0.1) is 0 Å². The second-order valence-corrected chi connectivity index (χ2v) is 10.7. The molecule has 0 bridgehead atoms. The Bertz CT molecular complexity index is 1200. The third-order valence-corrected chi connectivity index (χ3v) is 9.03. The Morgan fingerprint density at radius 2 is 0.806 bits per heavy atom. The van der Waals surface area contributed by atoms with Crippen molar-refractivity contribution >= 4 is 11.1 Å². The van der Waals surface area contributed by atoms with Crippen LogP contribution >= 0.6 is 0 Å². The van der Waals surface area contributed by atoms with Gasteiger partial charge >= 0.3 is 192 Å². The molecule has 0 aromatic heterocycles. The zero-order chi connectivity index (χ0) is 20.6. The summed E-state index contributed by atoms with van der Waals surface area (Å²) in [5.41, 5.74) is 11.3. The third-order valence-electron chi connectivity index (χ3n) is 6.12. The minimum atomic E-state index is 0.0759. The molecule has 4 aromatic carbocycles. The fourth-order valence-corrected chi connectivity index (χ4v) is 7.75. The van der Waals surface area contributed by atoms with Crippen molar-refractivity contribution in [3.8, 4) is 0 Å². The van der Waals surface area contributed by atoms with E-state index in [4.69, 9.17) is 0 Å². The van der Waals surface area contributed by atoms with Crippen LogP contribution in [0.4, 0.5) is 0 Å². The summed E-state index contributed by atoms with van der Waals surface area (Å²) < 4.78 is 1.03. The molecule has 0 aliphatic heterocycles. The summed E-state index contributed by atoms with van der Waals surface area (Å²) in [4.78, 5) is 0. The van der Waals surface area contributed by atoms with Crippen molar-refractivity contribution in [3.05, 3.63) is 155 Å². The van der Waals surface area contributed by atoms with Crippen LogP contribution in [-0.2, 0) is 17.1 Å². The summed E-state index contributed by atoms with van der Waals surface area (Å²) in [6, 6.07) is 39.7. The standard InChI is InChI=1S/2C15H11.Ru/c2*1-2-6-12(7-3-1)15-11-10-13-8-4-5-9-14(13)15;/h2*1-11H;. The van der Waals surface area contributed by atoms with E-state index in [1.54, 1.807) is 0 Å². The molecule has 31 heavy (non-hydrogen) atoms.